The maximum Gasteiger partial charge on any atom is 0.123 e. The maximum absolute atomic E-state index is 12.8. The standard InChI is InChI=1S/C16H22FN3/c1-3-16(4-2)20-10-9-15(19-20)12-18-11-13-5-7-14(17)8-6-13/h5-10,16,18H,3-4,11-12H2,1-2H3. The monoisotopic (exact) mass is 275 g/mol. The molecule has 108 valence electrons. The van der Waals surface area contributed by atoms with Crippen molar-refractivity contribution in [2.45, 2.75) is 45.8 Å². The highest BCUT2D eigenvalue weighted by molar-refractivity contribution is 5.15. The van der Waals surface area contributed by atoms with Crippen LogP contribution in [0, 0.1) is 5.82 Å². The number of rotatable bonds is 7. The Hall–Kier alpha value is -1.68. The Morgan fingerprint density at radius 3 is 2.45 bits per heavy atom. The van der Waals surface area contributed by atoms with Crippen molar-refractivity contribution in [3.05, 3.63) is 53.6 Å². The zero-order valence-corrected chi connectivity index (χ0v) is 12.1. The predicted molar refractivity (Wildman–Crippen MR) is 78.8 cm³/mol. The van der Waals surface area contributed by atoms with Crippen LogP contribution in [0.25, 0.3) is 0 Å². The molecule has 0 bridgehead atoms. The van der Waals surface area contributed by atoms with Crippen molar-refractivity contribution in [1.82, 2.24) is 15.1 Å². The fraction of sp³-hybridized carbons (Fsp3) is 0.438. The van der Waals surface area contributed by atoms with Crippen LogP contribution in [0.15, 0.2) is 36.5 Å². The molecule has 1 heterocycles. The molecule has 0 aliphatic rings. The number of hydrogen-bond acceptors (Lipinski definition) is 2. The Kier molecular flexibility index (Phi) is 5.30. The lowest BCUT2D eigenvalue weighted by Crippen LogP contribution is -2.14. The van der Waals surface area contributed by atoms with E-state index >= 15 is 0 Å². The minimum atomic E-state index is -0.197. The average molecular weight is 275 g/mol. The van der Waals surface area contributed by atoms with Crippen LogP contribution in [0.2, 0.25) is 0 Å². The highest BCUT2D eigenvalue weighted by atomic mass is 19.1. The molecule has 0 aliphatic carbocycles. The van der Waals surface area contributed by atoms with Crippen molar-refractivity contribution in [1.29, 1.82) is 0 Å². The Labute approximate surface area is 119 Å². The number of nitrogens with one attached hydrogen (secondary N) is 1. The largest absolute Gasteiger partial charge is 0.307 e. The van der Waals surface area contributed by atoms with Gasteiger partial charge >= 0.3 is 0 Å². The minimum Gasteiger partial charge on any atom is -0.307 e. The van der Waals surface area contributed by atoms with E-state index in [0.717, 1.165) is 37.2 Å². The van der Waals surface area contributed by atoms with Crippen LogP contribution < -0.4 is 5.32 Å². The first-order valence-corrected chi connectivity index (χ1v) is 7.22. The number of aromatic nitrogens is 2. The van der Waals surface area contributed by atoms with Gasteiger partial charge in [-0.3, -0.25) is 4.68 Å². The molecule has 0 atom stereocenters. The quantitative estimate of drug-likeness (QED) is 0.835. The maximum atomic E-state index is 12.8. The van der Waals surface area contributed by atoms with E-state index in [2.05, 4.69) is 35.0 Å². The van der Waals surface area contributed by atoms with Crippen LogP contribution >= 0.6 is 0 Å². The number of nitrogens with zero attached hydrogens (tertiary/aromatic N) is 2. The average Bonchev–Trinajstić information content (AvgIpc) is 2.91. The lowest BCUT2D eigenvalue weighted by Gasteiger charge is -2.12. The second-order valence-electron chi connectivity index (χ2n) is 4.99. The van der Waals surface area contributed by atoms with Crippen LogP contribution in [0.5, 0.6) is 0 Å². The third-order valence-corrected chi connectivity index (χ3v) is 3.53. The molecule has 1 aromatic carbocycles. The molecule has 20 heavy (non-hydrogen) atoms. The fourth-order valence-electron chi connectivity index (χ4n) is 2.27. The molecule has 1 aromatic heterocycles. The first kappa shape index (κ1) is 14.7. The molecule has 0 saturated carbocycles. The molecule has 2 rings (SSSR count). The van der Waals surface area contributed by atoms with Crippen molar-refractivity contribution >= 4 is 0 Å². The fourth-order valence-corrected chi connectivity index (χ4v) is 2.27. The first-order chi connectivity index (χ1) is 9.72. The highest BCUT2D eigenvalue weighted by Crippen LogP contribution is 2.14. The van der Waals surface area contributed by atoms with Gasteiger partial charge in [-0.1, -0.05) is 26.0 Å². The van der Waals surface area contributed by atoms with Gasteiger partial charge in [0.05, 0.1) is 11.7 Å². The Morgan fingerprint density at radius 1 is 1.10 bits per heavy atom. The van der Waals surface area contributed by atoms with Gasteiger partial charge in [-0.25, -0.2) is 4.39 Å². The smallest absolute Gasteiger partial charge is 0.123 e. The van der Waals surface area contributed by atoms with Gasteiger partial charge in [0.15, 0.2) is 0 Å². The third-order valence-electron chi connectivity index (χ3n) is 3.53. The van der Waals surface area contributed by atoms with E-state index in [-0.39, 0.29) is 5.82 Å². The van der Waals surface area contributed by atoms with Crippen LogP contribution in [0.1, 0.15) is 44.0 Å². The van der Waals surface area contributed by atoms with E-state index in [0.29, 0.717) is 6.04 Å². The molecule has 0 unspecified atom stereocenters. The second-order valence-corrected chi connectivity index (χ2v) is 4.99. The number of benzene rings is 1. The molecule has 2 aromatic rings. The minimum absolute atomic E-state index is 0.197. The first-order valence-electron chi connectivity index (χ1n) is 7.22. The summed E-state index contributed by atoms with van der Waals surface area (Å²) in [4.78, 5) is 0. The highest BCUT2D eigenvalue weighted by Gasteiger charge is 2.07. The molecule has 0 radical (unpaired) electrons. The van der Waals surface area contributed by atoms with Gasteiger partial charge in [-0.2, -0.15) is 5.10 Å². The van der Waals surface area contributed by atoms with Gasteiger partial charge in [-0.05, 0) is 36.6 Å². The number of halogens is 1. The van der Waals surface area contributed by atoms with Crippen LogP contribution in [-0.4, -0.2) is 9.78 Å². The number of hydrogen-bond donors (Lipinski definition) is 1. The van der Waals surface area contributed by atoms with E-state index in [1.807, 2.05) is 6.20 Å². The molecule has 0 fully saturated rings. The third kappa shape index (κ3) is 3.90. The van der Waals surface area contributed by atoms with Gasteiger partial charge in [0.2, 0.25) is 0 Å². The van der Waals surface area contributed by atoms with Crippen molar-refractivity contribution in [3.8, 4) is 0 Å². The Balaban J connectivity index is 1.84. The Bertz CT molecular complexity index is 515. The summed E-state index contributed by atoms with van der Waals surface area (Å²) < 4.78 is 14.8. The topological polar surface area (TPSA) is 29.9 Å². The lowest BCUT2D eigenvalue weighted by molar-refractivity contribution is 0.424. The van der Waals surface area contributed by atoms with Gasteiger partial charge in [0, 0.05) is 19.3 Å². The predicted octanol–water partition coefficient (Wildman–Crippen LogP) is 3.67. The lowest BCUT2D eigenvalue weighted by atomic mass is 10.2. The van der Waals surface area contributed by atoms with Crippen molar-refractivity contribution in [2.75, 3.05) is 0 Å². The summed E-state index contributed by atoms with van der Waals surface area (Å²) in [6.45, 7) is 5.81. The van der Waals surface area contributed by atoms with Crippen molar-refractivity contribution < 1.29 is 4.39 Å². The summed E-state index contributed by atoms with van der Waals surface area (Å²) in [6, 6.07) is 9.10. The van der Waals surface area contributed by atoms with Crippen LogP contribution in [-0.2, 0) is 13.1 Å². The van der Waals surface area contributed by atoms with Crippen molar-refractivity contribution in [3.63, 3.8) is 0 Å². The van der Waals surface area contributed by atoms with Crippen LogP contribution in [0.3, 0.4) is 0 Å². The molecule has 4 heteroatoms. The summed E-state index contributed by atoms with van der Waals surface area (Å²) in [5.74, 6) is -0.197. The van der Waals surface area contributed by atoms with Gasteiger partial charge < -0.3 is 5.32 Å². The second kappa shape index (κ2) is 7.20. The summed E-state index contributed by atoms with van der Waals surface area (Å²) in [5, 5.41) is 7.92. The molecule has 0 saturated heterocycles. The molecule has 0 spiro atoms. The van der Waals surface area contributed by atoms with Crippen LogP contribution in [0.4, 0.5) is 4.39 Å². The van der Waals surface area contributed by atoms with Gasteiger partial charge in [0.1, 0.15) is 5.82 Å². The van der Waals surface area contributed by atoms with E-state index in [9.17, 15) is 4.39 Å². The zero-order valence-electron chi connectivity index (χ0n) is 12.1. The zero-order chi connectivity index (χ0) is 14.4. The SMILES string of the molecule is CCC(CC)n1ccc(CNCc2ccc(F)cc2)n1. The van der Waals surface area contributed by atoms with E-state index in [1.165, 1.54) is 12.1 Å². The van der Waals surface area contributed by atoms with Gasteiger partial charge in [-0.15, -0.1) is 0 Å². The molecular formula is C16H22FN3. The van der Waals surface area contributed by atoms with E-state index in [1.54, 1.807) is 12.1 Å². The van der Waals surface area contributed by atoms with E-state index in [4.69, 9.17) is 0 Å². The van der Waals surface area contributed by atoms with E-state index < -0.39 is 0 Å². The Morgan fingerprint density at radius 2 is 1.80 bits per heavy atom. The summed E-state index contributed by atoms with van der Waals surface area (Å²) in [6.07, 6.45) is 4.24. The molecule has 3 nitrogen and oxygen atoms in total. The summed E-state index contributed by atoms with van der Waals surface area (Å²) >= 11 is 0. The molecule has 0 aliphatic heterocycles. The van der Waals surface area contributed by atoms with Crippen molar-refractivity contribution in [2.24, 2.45) is 0 Å². The molecule has 1 N–H and O–H groups in total. The summed E-state index contributed by atoms with van der Waals surface area (Å²) in [7, 11) is 0. The summed E-state index contributed by atoms with van der Waals surface area (Å²) in [5.41, 5.74) is 2.12. The normalized spacial score (nSPS) is 11.2. The molecule has 0 amide bonds. The van der Waals surface area contributed by atoms with Gasteiger partial charge in [0.25, 0.3) is 0 Å². The molecular weight excluding hydrogens is 253 g/mol.